The number of amides is 2. The Balaban J connectivity index is 1.52. The van der Waals surface area contributed by atoms with Crippen molar-refractivity contribution in [2.24, 2.45) is 0 Å². The summed E-state index contributed by atoms with van der Waals surface area (Å²) in [4.78, 5) is 29.3. The number of nitrogens with zero attached hydrogens (tertiary/aromatic N) is 1. The molecule has 0 fully saturated rings. The molecule has 0 spiro atoms. The van der Waals surface area contributed by atoms with E-state index >= 15 is 0 Å². The maximum Gasteiger partial charge on any atom is 0.254 e. The fourth-order valence-corrected chi connectivity index (χ4v) is 5.27. The van der Waals surface area contributed by atoms with Gasteiger partial charge in [0.25, 0.3) is 5.91 Å². The summed E-state index contributed by atoms with van der Waals surface area (Å²) < 4.78 is 33.8. The van der Waals surface area contributed by atoms with Gasteiger partial charge in [0.2, 0.25) is 5.91 Å². The highest BCUT2D eigenvalue weighted by Crippen LogP contribution is 2.47. The molecule has 0 aliphatic carbocycles. The van der Waals surface area contributed by atoms with E-state index in [1.165, 1.54) is 14.2 Å². The van der Waals surface area contributed by atoms with Crippen LogP contribution in [0.2, 0.25) is 0 Å². The van der Waals surface area contributed by atoms with Gasteiger partial charge in [-0.05, 0) is 47.5 Å². The minimum absolute atomic E-state index is 0.211. The Morgan fingerprint density at radius 3 is 2.25 bits per heavy atom. The van der Waals surface area contributed by atoms with Gasteiger partial charge in [0, 0.05) is 12.6 Å². The lowest BCUT2D eigenvalue weighted by atomic mass is 9.79. The first kappa shape index (κ1) is 27.0. The van der Waals surface area contributed by atoms with Crippen molar-refractivity contribution in [3.8, 4) is 34.5 Å². The van der Waals surface area contributed by atoms with Gasteiger partial charge in [-0.25, -0.2) is 0 Å². The molecule has 10 nitrogen and oxygen atoms in total. The molecule has 3 aromatic carbocycles. The summed E-state index contributed by atoms with van der Waals surface area (Å²) in [5, 5.41) is 3.04. The van der Waals surface area contributed by atoms with Crippen LogP contribution < -0.4 is 33.7 Å². The van der Waals surface area contributed by atoms with Crippen LogP contribution in [0.25, 0.3) is 0 Å². The Morgan fingerprint density at radius 2 is 1.55 bits per heavy atom. The number of hydrogen-bond donors (Lipinski definition) is 1. The Morgan fingerprint density at radius 1 is 0.900 bits per heavy atom. The standard InChI is InChI=1S/C30H32N2O8/c1-32-28(17-10-11-21(35-2)24(12-17)36-3)27(19-13-25(37-4)26(38-5)14-20(19)30(32)34)29(33)31-15-18-16-39-22-8-6-7-9-23(22)40-18/h6-14,18,27-28H,15-16H2,1-5H3,(H,31,33)/t18-,27-,28-/m1/s1. The summed E-state index contributed by atoms with van der Waals surface area (Å²) in [6.45, 7) is 0.504. The van der Waals surface area contributed by atoms with E-state index in [4.69, 9.17) is 28.4 Å². The Labute approximate surface area is 232 Å². The van der Waals surface area contributed by atoms with Gasteiger partial charge in [0.1, 0.15) is 12.7 Å². The molecule has 1 N–H and O–H groups in total. The molecule has 3 atom stereocenters. The molecule has 0 aromatic heterocycles. The molecule has 10 heteroatoms. The van der Waals surface area contributed by atoms with Gasteiger partial charge in [0.15, 0.2) is 34.5 Å². The van der Waals surface area contributed by atoms with Crippen LogP contribution in [0.1, 0.15) is 33.4 Å². The first-order valence-electron chi connectivity index (χ1n) is 12.8. The average molecular weight is 549 g/mol. The van der Waals surface area contributed by atoms with Crippen molar-refractivity contribution < 1.29 is 38.0 Å². The van der Waals surface area contributed by atoms with Crippen LogP contribution in [0.15, 0.2) is 54.6 Å². The first-order chi connectivity index (χ1) is 19.4. The molecule has 0 unspecified atom stereocenters. The van der Waals surface area contributed by atoms with Gasteiger partial charge in [0.05, 0.1) is 46.9 Å². The molecule has 0 saturated carbocycles. The maximum absolute atomic E-state index is 14.0. The molecule has 0 radical (unpaired) electrons. The molecule has 2 aliphatic rings. The highest BCUT2D eigenvalue weighted by Gasteiger charge is 2.44. The molecule has 2 aliphatic heterocycles. The zero-order valence-corrected chi connectivity index (χ0v) is 23.1. The number of nitrogens with one attached hydrogen (secondary N) is 1. The molecular weight excluding hydrogens is 516 g/mol. The summed E-state index contributed by atoms with van der Waals surface area (Å²) >= 11 is 0. The van der Waals surface area contributed by atoms with Gasteiger partial charge in [-0.2, -0.15) is 0 Å². The normalized spacial score (nSPS) is 19.4. The number of benzene rings is 3. The number of methoxy groups -OCH3 is 4. The van der Waals surface area contributed by atoms with E-state index in [2.05, 4.69) is 5.32 Å². The third kappa shape index (κ3) is 4.81. The highest BCUT2D eigenvalue weighted by molar-refractivity contribution is 6.02. The average Bonchev–Trinajstić information content (AvgIpc) is 3.00. The first-order valence-corrected chi connectivity index (χ1v) is 12.8. The van der Waals surface area contributed by atoms with Crippen LogP contribution in [0, 0.1) is 0 Å². The fourth-order valence-electron chi connectivity index (χ4n) is 5.27. The van der Waals surface area contributed by atoms with Gasteiger partial charge in [-0.1, -0.05) is 18.2 Å². The number of hydrogen-bond acceptors (Lipinski definition) is 8. The van der Waals surface area contributed by atoms with Crippen molar-refractivity contribution in [2.45, 2.75) is 18.1 Å². The van der Waals surface area contributed by atoms with E-state index in [1.807, 2.05) is 30.3 Å². The topological polar surface area (TPSA) is 105 Å². The number of carbonyl (C=O) groups excluding carboxylic acids is 2. The van der Waals surface area contributed by atoms with Crippen LogP contribution >= 0.6 is 0 Å². The van der Waals surface area contributed by atoms with Gasteiger partial charge >= 0.3 is 0 Å². The van der Waals surface area contributed by atoms with Crippen LogP contribution in [-0.2, 0) is 4.79 Å². The van der Waals surface area contributed by atoms with Gasteiger partial charge in [-0.15, -0.1) is 0 Å². The number of carbonyl (C=O) groups is 2. The third-order valence-corrected chi connectivity index (χ3v) is 7.28. The molecule has 40 heavy (non-hydrogen) atoms. The van der Waals surface area contributed by atoms with Crippen LogP contribution in [0.3, 0.4) is 0 Å². The molecule has 2 heterocycles. The number of ether oxygens (including phenoxy) is 6. The number of para-hydroxylation sites is 2. The molecule has 210 valence electrons. The zero-order valence-electron chi connectivity index (χ0n) is 23.1. The fraction of sp³-hybridized carbons (Fsp3) is 0.333. The van der Waals surface area contributed by atoms with Crippen LogP contribution in [-0.4, -0.2) is 71.5 Å². The summed E-state index contributed by atoms with van der Waals surface area (Å²) in [5.41, 5.74) is 1.60. The van der Waals surface area contributed by atoms with Crippen molar-refractivity contribution >= 4 is 11.8 Å². The lowest BCUT2D eigenvalue weighted by Crippen LogP contribution is -2.48. The van der Waals surface area contributed by atoms with E-state index in [0.29, 0.717) is 57.8 Å². The third-order valence-electron chi connectivity index (χ3n) is 7.28. The summed E-state index contributed by atoms with van der Waals surface area (Å²) in [5.74, 6) is 1.83. The van der Waals surface area contributed by atoms with E-state index < -0.39 is 12.0 Å². The minimum Gasteiger partial charge on any atom is -0.493 e. The minimum atomic E-state index is -0.785. The monoisotopic (exact) mass is 548 g/mol. The second-order valence-corrected chi connectivity index (χ2v) is 9.49. The molecule has 5 rings (SSSR count). The smallest absolute Gasteiger partial charge is 0.254 e. The Bertz CT molecular complexity index is 1420. The summed E-state index contributed by atoms with van der Waals surface area (Å²) in [7, 11) is 7.79. The second kappa shape index (κ2) is 11.3. The van der Waals surface area contributed by atoms with E-state index in [0.717, 1.165) is 0 Å². The lowest BCUT2D eigenvalue weighted by molar-refractivity contribution is -0.124. The van der Waals surface area contributed by atoms with Crippen molar-refractivity contribution in [1.29, 1.82) is 0 Å². The number of rotatable bonds is 8. The van der Waals surface area contributed by atoms with E-state index in [1.54, 1.807) is 50.4 Å². The summed E-state index contributed by atoms with van der Waals surface area (Å²) in [6.07, 6.45) is -0.383. The van der Waals surface area contributed by atoms with Crippen LogP contribution in [0.4, 0.5) is 0 Å². The highest BCUT2D eigenvalue weighted by atomic mass is 16.6. The van der Waals surface area contributed by atoms with Crippen molar-refractivity contribution in [2.75, 3.05) is 48.6 Å². The SMILES string of the molecule is COc1ccc([C@@H]2[C@H](C(=O)NC[C@@H]3COc4ccccc4O3)c3cc(OC)c(OC)cc3C(=O)N2C)cc1OC. The molecular formula is C30H32N2O8. The predicted octanol–water partition coefficient (Wildman–Crippen LogP) is 3.59. The Hall–Kier alpha value is -4.60. The molecule has 3 aromatic rings. The van der Waals surface area contributed by atoms with Crippen molar-refractivity contribution in [3.63, 3.8) is 0 Å². The van der Waals surface area contributed by atoms with Gasteiger partial charge in [-0.3, -0.25) is 9.59 Å². The molecule has 2 amide bonds. The maximum atomic E-state index is 14.0. The largest absolute Gasteiger partial charge is 0.493 e. The molecule has 0 saturated heterocycles. The van der Waals surface area contributed by atoms with Crippen molar-refractivity contribution in [3.05, 3.63) is 71.3 Å². The van der Waals surface area contributed by atoms with E-state index in [-0.39, 0.29) is 24.5 Å². The molecule has 0 bridgehead atoms. The second-order valence-electron chi connectivity index (χ2n) is 9.49. The number of likely N-dealkylation sites (N-methyl/N-ethyl adjacent to an activating group) is 1. The quantitative estimate of drug-likeness (QED) is 0.456. The van der Waals surface area contributed by atoms with E-state index in [9.17, 15) is 9.59 Å². The number of fused-ring (bicyclic) bond motifs is 2. The van der Waals surface area contributed by atoms with Crippen molar-refractivity contribution in [1.82, 2.24) is 10.2 Å². The zero-order chi connectivity index (χ0) is 28.4. The van der Waals surface area contributed by atoms with Crippen LogP contribution in [0.5, 0.6) is 34.5 Å². The summed E-state index contributed by atoms with van der Waals surface area (Å²) in [6, 6.07) is 15.5. The Kier molecular flexibility index (Phi) is 7.59. The predicted molar refractivity (Wildman–Crippen MR) is 146 cm³/mol. The lowest BCUT2D eigenvalue weighted by Gasteiger charge is -2.40. The van der Waals surface area contributed by atoms with Gasteiger partial charge < -0.3 is 38.6 Å².